The Bertz CT molecular complexity index is 37.3. The molecule has 0 fully saturated rings. The third-order valence-corrected chi connectivity index (χ3v) is 1.52. The minimum Gasteiger partial charge on any atom is -0.161 e. The van der Waals surface area contributed by atoms with Crippen molar-refractivity contribution >= 4 is 28.6 Å². The molecular weight excluding hydrogens is 160 g/mol. The molecule has 1 atom stereocenters. The molecule has 0 aromatic carbocycles. The quantitative estimate of drug-likeness (QED) is 0.452. The van der Waals surface area contributed by atoms with Gasteiger partial charge in [-0.15, -0.1) is 0 Å². The van der Waals surface area contributed by atoms with Gasteiger partial charge in [0.05, 0.1) is 3.66 Å². The van der Waals surface area contributed by atoms with Gasteiger partial charge < -0.3 is 0 Å². The van der Waals surface area contributed by atoms with Crippen LogP contribution in [0.2, 0.25) is 0 Å². The van der Waals surface area contributed by atoms with Crippen molar-refractivity contribution in [2.24, 2.45) is 0 Å². The molecule has 0 rings (SSSR count). The van der Waals surface area contributed by atoms with Gasteiger partial charge in [0.25, 0.3) is 0 Å². The highest BCUT2D eigenvalue weighted by atomic mass is 79.9. The first-order valence-electron chi connectivity index (χ1n) is 1.97. The molecule has 0 aliphatic rings. The zero-order chi connectivity index (χ0) is 5.21. The molecule has 0 spiro atoms. The second-order valence-electron chi connectivity index (χ2n) is 1.50. The van der Waals surface area contributed by atoms with Gasteiger partial charge in [0.2, 0.25) is 0 Å². The van der Waals surface area contributed by atoms with E-state index in [2.05, 4.69) is 35.5 Å². The van der Waals surface area contributed by atoms with Gasteiger partial charge in [-0.3, -0.25) is 0 Å². The maximum Gasteiger partial charge on any atom is 0.0648 e. The number of hydrogen-bond acceptors (Lipinski definition) is 1. The molecule has 38 valence electrons. The molecule has 0 amide bonds. The Morgan fingerprint density at radius 2 is 2.00 bits per heavy atom. The van der Waals surface area contributed by atoms with Crippen molar-refractivity contribution in [2.75, 3.05) is 0 Å². The molecular formula is C4H9BrS. The first-order valence-corrected chi connectivity index (χ1v) is 3.21. The standard InChI is InChI=1S/C4H9BrS/c1-3-4(2,5)6/h6H,3H2,1-2H3. The lowest BCUT2D eigenvalue weighted by Gasteiger charge is -2.08. The van der Waals surface area contributed by atoms with Crippen LogP contribution in [0.15, 0.2) is 0 Å². The van der Waals surface area contributed by atoms with E-state index in [-0.39, 0.29) is 3.66 Å². The van der Waals surface area contributed by atoms with Crippen molar-refractivity contribution in [2.45, 2.75) is 23.9 Å². The first-order chi connectivity index (χ1) is 2.56. The largest absolute Gasteiger partial charge is 0.161 e. The molecule has 0 bridgehead atoms. The number of alkyl halides is 1. The molecule has 0 aliphatic heterocycles. The minimum absolute atomic E-state index is 0.0486. The topological polar surface area (TPSA) is 0 Å². The molecule has 0 saturated carbocycles. The summed E-state index contributed by atoms with van der Waals surface area (Å²) in [5, 5.41) is 0. The minimum atomic E-state index is 0.0486. The van der Waals surface area contributed by atoms with Crippen molar-refractivity contribution in [1.82, 2.24) is 0 Å². The summed E-state index contributed by atoms with van der Waals surface area (Å²) in [6.45, 7) is 4.11. The average molecular weight is 169 g/mol. The van der Waals surface area contributed by atoms with Crippen molar-refractivity contribution in [3.63, 3.8) is 0 Å². The number of thiol groups is 1. The van der Waals surface area contributed by atoms with E-state index in [1.165, 1.54) is 0 Å². The summed E-state index contributed by atoms with van der Waals surface area (Å²) < 4.78 is 0.0486. The molecule has 0 aliphatic carbocycles. The Kier molecular flexibility index (Phi) is 2.53. The molecule has 2 heteroatoms. The Hall–Kier alpha value is 0.830. The van der Waals surface area contributed by atoms with Crippen LogP contribution in [-0.4, -0.2) is 3.66 Å². The summed E-state index contributed by atoms with van der Waals surface area (Å²) >= 11 is 7.51. The normalized spacial score (nSPS) is 20.0. The van der Waals surface area contributed by atoms with Crippen LogP contribution in [0.3, 0.4) is 0 Å². The van der Waals surface area contributed by atoms with E-state index in [1.54, 1.807) is 0 Å². The fourth-order valence-corrected chi connectivity index (χ4v) is 0. The third-order valence-electron chi connectivity index (χ3n) is 0.645. The van der Waals surface area contributed by atoms with Crippen molar-refractivity contribution in [1.29, 1.82) is 0 Å². The lowest BCUT2D eigenvalue weighted by Crippen LogP contribution is -2.00. The Morgan fingerprint density at radius 1 is 1.83 bits per heavy atom. The third kappa shape index (κ3) is 4.83. The smallest absolute Gasteiger partial charge is 0.0648 e. The van der Waals surface area contributed by atoms with E-state index in [0.29, 0.717) is 0 Å². The second-order valence-corrected chi connectivity index (χ2v) is 4.85. The molecule has 6 heavy (non-hydrogen) atoms. The van der Waals surface area contributed by atoms with E-state index in [0.717, 1.165) is 6.42 Å². The maximum absolute atomic E-state index is 4.17. The Morgan fingerprint density at radius 3 is 2.00 bits per heavy atom. The molecule has 0 N–H and O–H groups in total. The van der Waals surface area contributed by atoms with E-state index < -0.39 is 0 Å². The summed E-state index contributed by atoms with van der Waals surface area (Å²) in [6, 6.07) is 0. The maximum atomic E-state index is 4.17. The van der Waals surface area contributed by atoms with Gasteiger partial charge in [-0.05, 0) is 13.3 Å². The summed E-state index contributed by atoms with van der Waals surface area (Å²) in [4.78, 5) is 0. The summed E-state index contributed by atoms with van der Waals surface area (Å²) in [7, 11) is 0. The van der Waals surface area contributed by atoms with Gasteiger partial charge >= 0.3 is 0 Å². The van der Waals surface area contributed by atoms with Gasteiger partial charge in [-0.1, -0.05) is 22.9 Å². The average Bonchev–Trinajstić information content (AvgIpc) is 1.35. The highest BCUT2D eigenvalue weighted by Gasteiger charge is 2.07. The second kappa shape index (κ2) is 2.22. The van der Waals surface area contributed by atoms with Gasteiger partial charge in [0.1, 0.15) is 0 Å². The number of hydrogen-bond donors (Lipinski definition) is 1. The van der Waals surface area contributed by atoms with Crippen molar-refractivity contribution in [3.8, 4) is 0 Å². The molecule has 0 nitrogen and oxygen atoms in total. The molecule has 1 unspecified atom stereocenters. The van der Waals surface area contributed by atoms with Crippen LogP contribution in [0.4, 0.5) is 0 Å². The van der Waals surface area contributed by atoms with Gasteiger partial charge in [0, 0.05) is 0 Å². The summed E-state index contributed by atoms with van der Waals surface area (Å²) in [5.74, 6) is 0. The van der Waals surface area contributed by atoms with Crippen LogP contribution < -0.4 is 0 Å². The SMILES string of the molecule is CCC(C)(S)Br. The van der Waals surface area contributed by atoms with Crippen LogP contribution in [0, 0.1) is 0 Å². The van der Waals surface area contributed by atoms with Crippen molar-refractivity contribution in [3.05, 3.63) is 0 Å². The zero-order valence-corrected chi connectivity index (χ0v) is 6.51. The molecule has 0 heterocycles. The van der Waals surface area contributed by atoms with E-state index in [9.17, 15) is 0 Å². The predicted molar refractivity (Wildman–Crippen MR) is 36.6 cm³/mol. The molecule has 0 aromatic heterocycles. The molecule has 0 radical (unpaired) electrons. The predicted octanol–water partition coefficient (Wildman–Crippen LogP) is 2.44. The summed E-state index contributed by atoms with van der Waals surface area (Å²) in [5.41, 5.74) is 0. The van der Waals surface area contributed by atoms with Crippen LogP contribution in [0.5, 0.6) is 0 Å². The fraction of sp³-hybridized carbons (Fsp3) is 1.00. The lowest BCUT2D eigenvalue weighted by atomic mass is 10.4. The van der Waals surface area contributed by atoms with Gasteiger partial charge in [-0.2, -0.15) is 12.6 Å². The highest BCUT2D eigenvalue weighted by Crippen LogP contribution is 2.24. The van der Waals surface area contributed by atoms with E-state index in [4.69, 9.17) is 0 Å². The molecule has 0 saturated heterocycles. The summed E-state index contributed by atoms with van der Waals surface area (Å²) in [6.07, 6.45) is 1.05. The van der Waals surface area contributed by atoms with Crippen molar-refractivity contribution < 1.29 is 0 Å². The van der Waals surface area contributed by atoms with E-state index >= 15 is 0 Å². The fourth-order valence-electron chi connectivity index (χ4n) is 0. The highest BCUT2D eigenvalue weighted by molar-refractivity contribution is 9.11. The monoisotopic (exact) mass is 168 g/mol. The van der Waals surface area contributed by atoms with Crippen LogP contribution in [0.1, 0.15) is 20.3 Å². The van der Waals surface area contributed by atoms with E-state index in [1.807, 2.05) is 6.92 Å². The van der Waals surface area contributed by atoms with Crippen LogP contribution >= 0.6 is 28.6 Å². The number of halogens is 1. The lowest BCUT2D eigenvalue weighted by molar-refractivity contribution is 0.869. The van der Waals surface area contributed by atoms with Crippen LogP contribution in [-0.2, 0) is 0 Å². The van der Waals surface area contributed by atoms with Gasteiger partial charge in [0.15, 0.2) is 0 Å². The van der Waals surface area contributed by atoms with Gasteiger partial charge in [-0.25, -0.2) is 0 Å². The zero-order valence-electron chi connectivity index (χ0n) is 4.03. The first kappa shape index (κ1) is 6.83. The van der Waals surface area contributed by atoms with Crippen LogP contribution in [0.25, 0.3) is 0 Å². The Balaban J connectivity index is 3.17. The number of rotatable bonds is 1. The molecule has 0 aromatic rings. The Labute approximate surface area is 52.9 Å².